The molecule has 0 aliphatic rings. The van der Waals surface area contributed by atoms with E-state index in [9.17, 15) is 4.79 Å². The zero-order valence-corrected chi connectivity index (χ0v) is 14.4. The minimum atomic E-state index is -0.288. The summed E-state index contributed by atoms with van der Waals surface area (Å²) in [5.74, 6) is 1.30. The topological polar surface area (TPSA) is 61.5 Å². The van der Waals surface area contributed by atoms with Crippen LogP contribution in [-0.4, -0.2) is 12.6 Å². The van der Waals surface area contributed by atoms with Crippen LogP contribution in [0, 0.1) is 0 Å². The van der Waals surface area contributed by atoms with Crippen molar-refractivity contribution in [1.82, 2.24) is 0 Å². The number of carbonyl (C=O) groups excluding carboxylic acids is 1. The SMILES string of the molecule is CCOC(=O)Cc1ccc(Cl)c(Oc2ccc(N)cc2CS)c1. The lowest BCUT2D eigenvalue weighted by atomic mass is 10.1. The van der Waals surface area contributed by atoms with E-state index in [1.165, 1.54) is 0 Å². The summed E-state index contributed by atoms with van der Waals surface area (Å²) in [4.78, 5) is 11.6. The molecule has 0 aliphatic carbocycles. The quantitative estimate of drug-likeness (QED) is 0.464. The van der Waals surface area contributed by atoms with Crippen molar-refractivity contribution in [3.05, 3.63) is 52.5 Å². The number of anilines is 1. The van der Waals surface area contributed by atoms with Gasteiger partial charge in [0.2, 0.25) is 0 Å². The Balaban J connectivity index is 2.24. The van der Waals surface area contributed by atoms with Crippen LogP contribution in [0.25, 0.3) is 0 Å². The molecular weight excluding hydrogens is 334 g/mol. The summed E-state index contributed by atoms with van der Waals surface area (Å²) in [5, 5.41) is 0.458. The van der Waals surface area contributed by atoms with Crippen molar-refractivity contribution in [2.45, 2.75) is 19.1 Å². The predicted molar refractivity (Wildman–Crippen MR) is 95.4 cm³/mol. The number of nitrogen functional groups attached to an aromatic ring is 1. The number of hydrogen-bond donors (Lipinski definition) is 2. The highest BCUT2D eigenvalue weighted by atomic mass is 35.5. The normalized spacial score (nSPS) is 10.4. The maximum atomic E-state index is 11.6. The lowest BCUT2D eigenvalue weighted by Gasteiger charge is -2.13. The summed E-state index contributed by atoms with van der Waals surface area (Å²) in [5.41, 5.74) is 8.04. The summed E-state index contributed by atoms with van der Waals surface area (Å²) >= 11 is 10.5. The predicted octanol–water partition coefficient (Wildman–Crippen LogP) is 4.25. The fourth-order valence-electron chi connectivity index (χ4n) is 2.06. The molecule has 6 heteroatoms. The first kappa shape index (κ1) is 17.5. The van der Waals surface area contributed by atoms with Gasteiger partial charge in [0.15, 0.2) is 0 Å². The summed E-state index contributed by atoms with van der Waals surface area (Å²) in [7, 11) is 0. The Hall–Kier alpha value is -1.85. The molecule has 0 bridgehead atoms. The van der Waals surface area contributed by atoms with Crippen LogP contribution < -0.4 is 10.5 Å². The van der Waals surface area contributed by atoms with Crippen LogP contribution in [0.5, 0.6) is 11.5 Å². The monoisotopic (exact) mass is 351 g/mol. The van der Waals surface area contributed by atoms with Gasteiger partial charge in [0.05, 0.1) is 18.1 Å². The van der Waals surface area contributed by atoms with Gasteiger partial charge in [-0.1, -0.05) is 17.7 Å². The van der Waals surface area contributed by atoms with Crippen molar-refractivity contribution in [2.75, 3.05) is 12.3 Å². The third-order valence-electron chi connectivity index (χ3n) is 3.12. The number of carbonyl (C=O) groups is 1. The van der Waals surface area contributed by atoms with Crippen molar-refractivity contribution in [3.63, 3.8) is 0 Å². The molecule has 2 aromatic rings. The first-order valence-corrected chi connectivity index (χ1v) is 8.15. The molecule has 0 aromatic heterocycles. The third kappa shape index (κ3) is 4.81. The molecule has 0 aliphatic heterocycles. The number of benzene rings is 2. The molecule has 2 aromatic carbocycles. The van der Waals surface area contributed by atoms with Gasteiger partial charge in [-0.15, -0.1) is 0 Å². The molecule has 0 saturated carbocycles. The van der Waals surface area contributed by atoms with E-state index < -0.39 is 0 Å². The van der Waals surface area contributed by atoms with E-state index in [4.69, 9.17) is 26.8 Å². The second kappa shape index (κ2) is 8.13. The molecule has 4 nitrogen and oxygen atoms in total. The van der Waals surface area contributed by atoms with Crippen LogP contribution in [0.3, 0.4) is 0 Å². The van der Waals surface area contributed by atoms with Gasteiger partial charge < -0.3 is 15.2 Å². The van der Waals surface area contributed by atoms with Crippen LogP contribution in [0.4, 0.5) is 5.69 Å². The highest BCUT2D eigenvalue weighted by molar-refractivity contribution is 7.79. The maximum absolute atomic E-state index is 11.6. The molecule has 0 fully saturated rings. The largest absolute Gasteiger partial charge is 0.466 e. The second-order valence-corrected chi connectivity index (χ2v) is 5.60. The van der Waals surface area contributed by atoms with Crippen molar-refractivity contribution >= 4 is 35.9 Å². The number of rotatable bonds is 6. The number of esters is 1. The Morgan fingerprint density at radius 1 is 1.22 bits per heavy atom. The van der Waals surface area contributed by atoms with Gasteiger partial charge >= 0.3 is 5.97 Å². The van der Waals surface area contributed by atoms with Crippen molar-refractivity contribution in [2.24, 2.45) is 0 Å². The Bertz CT molecular complexity index is 706. The lowest BCUT2D eigenvalue weighted by molar-refractivity contribution is -0.142. The smallest absolute Gasteiger partial charge is 0.310 e. The molecule has 0 amide bonds. The van der Waals surface area contributed by atoms with Gasteiger partial charge in [0, 0.05) is 17.0 Å². The van der Waals surface area contributed by atoms with Crippen LogP contribution in [0.1, 0.15) is 18.1 Å². The highest BCUT2D eigenvalue weighted by Gasteiger charge is 2.11. The Morgan fingerprint density at radius 3 is 2.70 bits per heavy atom. The number of hydrogen-bond acceptors (Lipinski definition) is 5. The molecule has 0 spiro atoms. The van der Waals surface area contributed by atoms with E-state index in [0.29, 0.717) is 34.6 Å². The van der Waals surface area contributed by atoms with E-state index in [-0.39, 0.29) is 12.4 Å². The Labute approximate surface area is 146 Å². The second-order valence-electron chi connectivity index (χ2n) is 4.87. The van der Waals surface area contributed by atoms with Crippen LogP contribution in [0.15, 0.2) is 36.4 Å². The number of nitrogens with two attached hydrogens (primary N) is 1. The summed E-state index contributed by atoms with van der Waals surface area (Å²) in [6.07, 6.45) is 0.169. The van der Waals surface area contributed by atoms with E-state index in [1.807, 2.05) is 0 Å². The van der Waals surface area contributed by atoms with E-state index in [1.54, 1.807) is 43.3 Å². The first-order chi connectivity index (χ1) is 11.0. The Kier molecular flexibility index (Phi) is 6.19. The fourth-order valence-corrected chi connectivity index (χ4v) is 2.46. The average molecular weight is 352 g/mol. The maximum Gasteiger partial charge on any atom is 0.310 e. The standard InChI is InChI=1S/C17H18ClNO3S/c1-2-21-17(20)8-11-3-5-14(18)16(7-11)22-15-6-4-13(19)9-12(15)10-23/h3-7,9,23H,2,8,10,19H2,1H3. The molecule has 0 unspecified atom stereocenters. The zero-order valence-electron chi connectivity index (χ0n) is 12.7. The molecule has 0 heterocycles. The first-order valence-electron chi connectivity index (χ1n) is 7.14. The van der Waals surface area contributed by atoms with Crippen molar-refractivity contribution in [1.29, 1.82) is 0 Å². The molecule has 2 rings (SSSR count). The number of thiol groups is 1. The molecule has 23 heavy (non-hydrogen) atoms. The minimum absolute atomic E-state index is 0.169. The molecule has 0 radical (unpaired) electrons. The highest BCUT2D eigenvalue weighted by Crippen LogP contribution is 2.33. The lowest BCUT2D eigenvalue weighted by Crippen LogP contribution is -2.07. The van der Waals surface area contributed by atoms with Gasteiger partial charge in [0.25, 0.3) is 0 Å². The van der Waals surface area contributed by atoms with Crippen LogP contribution in [-0.2, 0) is 21.7 Å². The van der Waals surface area contributed by atoms with Crippen molar-refractivity contribution in [3.8, 4) is 11.5 Å². The van der Waals surface area contributed by atoms with Crippen molar-refractivity contribution < 1.29 is 14.3 Å². The van der Waals surface area contributed by atoms with Gasteiger partial charge in [-0.2, -0.15) is 12.6 Å². The van der Waals surface area contributed by atoms with Crippen LogP contribution in [0.2, 0.25) is 5.02 Å². The van der Waals surface area contributed by atoms with E-state index in [0.717, 1.165) is 11.1 Å². The van der Waals surface area contributed by atoms with Gasteiger partial charge in [-0.25, -0.2) is 0 Å². The average Bonchev–Trinajstić information content (AvgIpc) is 2.52. The fraction of sp³-hybridized carbons (Fsp3) is 0.235. The number of halogens is 1. The summed E-state index contributed by atoms with van der Waals surface area (Å²) in [6.45, 7) is 2.13. The molecular formula is C17H18ClNO3S. The number of ether oxygens (including phenoxy) is 2. The molecule has 2 N–H and O–H groups in total. The summed E-state index contributed by atoms with van der Waals surface area (Å²) < 4.78 is 10.8. The van der Waals surface area contributed by atoms with Gasteiger partial charge in [-0.3, -0.25) is 4.79 Å². The zero-order chi connectivity index (χ0) is 16.8. The molecule has 0 saturated heterocycles. The van der Waals surface area contributed by atoms with Gasteiger partial charge in [-0.05, 0) is 42.8 Å². The summed E-state index contributed by atoms with van der Waals surface area (Å²) in [6, 6.07) is 10.5. The Morgan fingerprint density at radius 2 is 2.00 bits per heavy atom. The van der Waals surface area contributed by atoms with Crippen LogP contribution >= 0.6 is 24.2 Å². The molecule has 122 valence electrons. The molecule has 0 atom stereocenters. The van der Waals surface area contributed by atoms with E-state index in [2.05, 4.69) is 12.6 Å². The van der Waals surface area contributed by atoms with E-state index >= 15 is 0 Å². The minimum Gasteiger partial charge on any atom is -0.466 e. The van der Waals surface area contributed by atoms with Gasteiger partial charge in [0.1, 0.15) is 11.5 Å². The third-order valence-corrected chi connectivity index (χ3v) is 3.78.